The number of aliphatic hydroxyl groups is 4. The van der Waals surface area contributed by atoms with E-state index in [-0.39, 0.29) is 31.3 Å². The first-order chi connectivity index (χ1) is 18.6. The summed E-state index contributed by atoms with van der Waals surface area (Å²) in [6.07, 6.45) is -6.34. The second-order valence-electron chi connectivity index (χ2n) is 12.6. The normalized spacial score (nSPS) is 40.6. The maximum Gasteiger partial charge on any atom is 0.335 e. The SMILES string of the molecule is CC(=O)O[C@@]12O[C@@H]1C[C@H](O)[C@@]1(C)C(=O)[C@H](O)C3=C(C)[C@@H](OC(=O)[C@H](O)Cc4ccccc4)C[C@@](O)(CC21)C3(C)C. The third-order valence-electron chi connectivity index (χ3n) is 10.0. The number of fused-ring (bicyclic) bond motifs is 5. The molecule has 10 heteroatoms. The van der Waals surface area contributed by atoms with Gasteiger partial charge in [-0.1, -0.05) is 44.2 Å². The summed E-state index contributed by atoms with van der Waals surface area (Å²) in [5.41, 5.74) is -3.13. The number of Topliss-reactive ketones (excluding diaryl/α,β-unsaturated/α-hetero) is 1. The maximum absolute atomic E-state index is 14.1. The van der Waals surface area contributed by atoms with E-state index in [0.717, 1.165) is 5.56 Å². The van der Waals surface area contributed by atoms with Gasteiger partial charge in [0, 0.05) is 37.5 Å². The molecule has 4 N–H and O–H groups in total. The number of epoxide rings is 1. The molecule has 0 radical (unpaired) electrons. The van der Waals surface area contributed by atoms with E-state index in [1.807, 2.05) is 6.07 Å². The number of hydrogen-bond donors (Lipinski definition) is 4. The van der Waals surface area contributed by atoms with Crippen LogP contribution in [-0.4, -0.2) is 80.1 Å². The smallest absolute Gasteiger partial charge is 0.335 e. The van der Waals surface area contributed by atoms with Crippen molar-refractivity contribution in [1.82, 2.24) is 0 Å². The molecule has 1 heterocycles. The molecule has 1 saturated heterocycles. The molecule has 3 aliphatic carbocycles. The third-order valence-corrected chi connectivity index (χ3v) is 10.0. The number of rotatable bonds is 5. The highest BCUT2D eigenvalue weighted by molar-refractivity contribution is 5.93. The number of hydrogen-bond acceptors (Lipinski definition) is 10. The monoisotopic (exact) mass is 558 g/mol. The van der Waals surface area contributed by atoms with Crippen molar-refractivity contribution in [1.29, 1.82) is 0 Å². The molecule has 0 amide bonds. The molecule has 0 spiro atoms. The number of carbonyl (C=O) groups excluding carboxylic acids is 3. The van der Waals surface area contributed by atoms with Crippen LogP contribution in [0.4, 0.5) is 0 Å². The minimum Gasteiger partial charge on any atom is -0.456 e. The van der Waals surface area contributed by atoms with E-state index in [1.54, 1.807) is 45.0 Å². The highest BCUT2D eigenvalue weighted by Crippen LogP contribution is 2.66. The summed E-state index contributed by atoms with van der Waals surface area (Å²) in [5.74, 6) is -4.75. The van der Waals surface area contributed by atoms with Gasteiger partial charge in [0.25, 0.3) is 0 Å². The molecule has 9 atom stereocenters. The zero-order chi connectivity index (χ0) is 29.4. The van der Waals surface area contributed by atoms with Crippen LogP contribution in [0.2, 0.25) is 0 Å². The lowest BCUT2D eigenvalue weighted by Gasteiger charge is -2.58. The Bertz CT molecular complexity index is 1260. The van der Waals surface area contributed by atoms with Gasteiger partial charge in [0.15, 0.2) is 11.9 Å². The van der Waals surface area contributed by atoms with Gasteiger partial charge in [-0.2, -0.15) is 0 Å². The number of benzene rings is 1. The zero-order valence-corrected chi connectivity index (χ0v) is 23.4. The summed E-state index contributed by atoms with van der Waals surface area (Å²) in [5, 5.41) is 45.7. The molecule has 1 aliphatic heterocycles. The predicted octanol–water partition coefficient (Wildman–Crippen LogP) is 1.36. The number of ether oxygens (including phenoxy) is 3. The fourth-order valence-corrected chi connectivity index (χ4v) is 7.44. The second kappa shape index (κ2) is 9.46. The molecule has 1 unspecified atom stereocenters. The van der Waals surface area contributed by atoms with E-state index in [2.05, 4.69) is 0 Å². The number of ketones is 1. The van der Waals surface area contributed by atoms with Crippen LogP contribution in [0.15, 0.2) is 41.5 Å². The fourth-order valence-electron chi connectivity index (χ4n) is 7.44. The molecule has 1 aromatic carbocycles. The molecule has 0 aromatic heterocycles. The van der Waals surface area contributed by atoms with Crippen molar-refractivity contribution in [2.24, 2.45) is 16.7 Å². The first-order valence-electron chi connectivity index (χ1n) is 13.7. The fraction of sp³-hybridized carbons (Fsp3) is 0.633. The van der Waals surface area contributed by atoms with Gasteiger partial charge in [-0.25, -0.2) is 4.79 Å². The van der Waals surface area contributed by atoms with E-state index in [9.17, 15) is 34.8 Å². The highest BCUT2D eigenvalue weighted by Gasteiger charge is 2.78. The van der Waals surface area contributed by atoms with Gasteiger partial charge >= 0.3 is 11.9 Å². The van der Waals surface area contributed by atoms with Crippen LogP contribution in [0, 0.1) is 16.7 Å². The summed E-state index contributed by atoms with van der Waals surface area (Å²) < 4.78 is 17.2. The van der Waals surface area contributed by atoms with Crippen LogP contribution in [-0.2, 0) is 35.0 Å². The number of carbonyl (C=O) groups is 3. The lowest BCUT2D eigenvalue weighted by atomic mass is 9.49. The number of esters is 2. The quantitative estimate of drug-likeness (QED) is 0.236. The number of aliphatic hydroxyl groups excluding tert-OH is 3. The first-order valence-corrected chi connectivity index (χ1v) is 13.7. The molecule has 4 aliphatic rings. The molecular formula is C30H38O10. The topological polar surface area (TPSA) is 163 Å². The van der Waals surface area contributed by atoms with E-state index < -0.39 is 76.4 Å². The van der Waals surface area contributed by atoms with Gasteiger partial charge in [0.05, 0.1) is 17.1 Å². The molecule has 2 bridgehead atoms. The Morgan fingerprint density at radius 2 is 1.77 bits per heavy atom. The van der Waals surface area contributed by atoms with Crippen molar-refractivity contribution in [2.45, 2.75) is 102 Å². The molecule has 218 valence electrons. The average molecular weight is 559 g/mol. The first kappa shape index (κ1) is 28.9. The van der Waals surface area contributed by atoms with E-state index in [1.165, 1.54) is 13.8 Å². The van der Waals surface area contributed by atoms with Gasteiger partial charge in [0.2, 0.25) is 5.79 Å². The van der Waals surface area contributed by atoms with Crippen LogP contribution >= 0.6 is 0 Å². The van der Waals surface area contributed by atoms with Gasteiger partial charge in [-0.05, 0) is 37.0 Å². The Morgan fingerprint density at radius 1 is 1.12 bits per heavy atom. The molecule has 40 heavy (non-hydrogen) atoms. The van der Waals surface area contributed by atoms with Crippen LogP contribution in [0.3, 0.4) is 0 Å². The van der Waals surface area contributed by atoms with Crippen LogP contribution in [0.5, 0.6) is 0 Å². The summed E-state index contributed by atoms with van der Waals surface area (Å²) >= 11 is 0. The van der Waals surface area contributed by atoms with Crippen molar-refractivity contribution in [3.05, 3.63) is 47.0 Å². The Labute approximate surface area is 232 Å². The summed E-state index contributed by atoms with van der Waals surface area (Å²) in [4.78, 5) is 39.1. The van der Waals surface area contributed by atoms with E-state index in [4.69, 9.17) is 14.2 Å². The Morgan fingerprint density at radius 3 is 2.40 bits per heavy atom. The summed E-state index contributed by atoms with van der Waals surface area (Å²) in [7, 11) is 0. The van der Waals surface area contributed by atoms with Gasteiger partial charge in [0.1, 0.15) is 18.3 Å². The Balaban J connectivity index is 1.54. The van der Waals surface area contributed by atoms with Crippen LogP contribution in [0.1, 0.15) is 59.4 Å². The molecule has 1 aromatic rings. The average Bonchev–Trinajstić information content (AvgIpc) is 3.56. The van der Waals surface area contributed by atoms with Gasteiger partial charge < -0.3 is 34.6 Å². The highest BCUT2D eigenvalue weighted by atomic mass is 16.8. The van der Waals surface area contributed by atoms with E-state index >= 15 is 0 Å². The van der Waals surface area contributed by atoms with Crippen molar-refractivity contribution >= 4 is 17.7 Å². The van der Waals surface area contributed by atoms with E-state index in [0.29, 0.717) is 5.57 Å². The van der Waals surface area contributed by atoms with Crippen molar-refractivity contribution in [2.75, 3.05) is 0 Å². The third kappa shape index (κ3) is 4.15. The lowest BCUT2D eigenvalue weighted by molar-refractivity contribution is -0.210. The van der Waals surface area contributed by atoms with Gasteiger partial charge in [-0.15, -0.1) is 0 Å². The van der Waals surface area contributed by atoms with Gasteiger partial charge in [-0.3, -0.25) is 9.59 Å². The molecule has 5 rings (SSSR count). The van der Waals surface area contributed by atoms with Crippen molar-refractivity contribution < 1.29 is 49.0 Å². The zero-order valence-electron chi connectivity index (χ0n) is 23.4. The molecular weight excluding hydrogens is 520 g/mol. The second-order valence-corrected chi connectivity index (χ2v) is 12.6. The largest absolute Gasteiger partial charge is 0.456 e. The molecule has 2 saturated carbocycles. The minimum atomic E-state index is -1.75. The summed E-state index contributed by atoms with van der Waals surface area (Å²) in [6.45, 7) is 7.78. The molecule has 10 nitrogen and oxygen atoms in total. The summed E-state index contributed by atoms with van der Waals surface area (Å²) in [6, 6.07) is 8.95. The standard InChI is InChI=1S/C30H38O10/c1-15-19(38-26(36)18(32)11-17-9-7-6-8-10-17)13-29(37)14-20-28(5,25(35)24(34)23(15)27(29,3)4)21(33)12-22-30(20,40-22)39-16(2)31/h6-10,18-22,24,32-34,37H,11-14H2,1-5H3/t18-,19+,20?,21+,22-,24-,28+,29-,30+/m1/s1. The minimum absolute atomic E-state index is 0.0259. The Hall–Kier alpha value is -2.63. The van der Waals surface area contributed by atoms with Crippen molar-refractivity contribution in [3.63, 3.8) is 0 Å². The Kier molecular flexibility index (Phi) is 6.83. The van der Waals surface area contributed by atoms with Crippen molar-refractivity contribution in [3.8, 4) is 0 Å². The lowest BCUT2D eigenvalue weighted by Crippen LogP contribution is -2.67. The maximum atomic E-state index is 14.1. The molecule has 3 fully saturated rings. The predicted molar refractivity (Wildman–Crippen MR) is 139 cm³/mol. The van der Waals surface area contributed by atoms with Crippen LogP contribution < -0.4 is 0 Å². The van der Waals surface area contributed by atoms with Crippen LogP contribution in [0.25, 0.3) is 0 Å².